The van der Waals surface area contributed by atoms with Crippen molar-refractivity contribution in [2.45, 2.75) is 76.9 Å². The minimum absolute atomic E-state index is 0.385. The van der Waals surface area contributed by atoms with Crippen LogP contribution in [-0.2, 0) is 6.42 Å². The molecule has 3 atom stereocenters. The van der Waals surface area contributed by atoms with Gasteiger partial charge in [0, 0.05) is 12.6 Å². The fourth-order valence-corrected chi connectivity index (χ4v) is 4.11. The molecule has 0 bridgehead atoms. The molecule has 1 heterocycles. The van der Waals surface area contributed by atoms with Crippen LogP contribution in [0.2, 0.25) is 0 Å². The molecule has 1 aromatic rings. The highest BCUT2D eigenvalue weighted by Crippen LogP contribution is 2.39. The van der Waals surface area contributed by atoms with Gasteiger partial charge < -0.3 is 5.11 Å². The van der Waals surface area contributed by atoms with Crippen molar-refractivity contribution < 1.29 is 5.11 Å². The van der Waals surface area contributed by atoms with Gasteiger partial charge >= 0.3 is 0 Å². The van der Waals surface area contributed by atoms with Gasteiger partial charge in [0.25, 0.3) is 0 Å². The molecule has 3 nitrogen and oxygen atoms in total. The Morgan fingerprint density at radius 3 is 2.75 bits per heavy atom. The molecule has 3 heteroatoms. The Hall–Kier alpha value is -0.830. The zero-order valence-electron chi connectivity index (χ0n) is 12.9. The highest BCUT2D eigenvalue weighted by atomic mass is 16.3. The molecule has 3 rings (SSSR count). The Labute approximate surface area is 122 Å². The van der Waals surface area contributed by atoms with Crippen molar-refractivity contribution >= 4 is 0 Å². The molecular weight excluding hydrogens is 248 g/mol. The van der Waals surface area contributed by atoms with Crippen LogP contribution in [-0.4, -0.2) is 20.5 Å². The van der Waals surface area contributed by atoms with Gasteiger partial charge in [0.15, 0.2) is 0 Å². The van der Waals surface area contributed by atoms with E-state index in [9.17, 15) is 5.11 Å². The summed E-state index contributed by atoms with van der Waals surface area (Å²) in [5.41, 5.74) is 0.521. The summed E-state index contributed by atoms with van der Waals surface area (Å²) in [6.07, 6.45) is 11.3. The van der Waals surface area contributed by atoms with Gasteiger partial charge in [-0.25, -0.2) is 0 Å². The summed E-state index contributed by atoms with van der Waals surface area (Å²) >= 11 is 0. The van der Waals surface area contributed by atoms with E-state index in [-0.39, 0.29) is 0 Å². The summed E-state index contributed by atoms with van der Waals surface area (Å²) < 4.78 is 2.14. The molecule has 0 aliphatic heterocycles. The van der Waals surface area contributed by atoms with Crippen LogP contribution >= 0.6 is 0 Å². The maximum Gasteiger partial charge on any atom is 0.0731 e. The minimum Gasteiger partial charge on any atom is -0.389 e. The summed E-state index contributed by atoms with van der Waals surface area (Å²) in [5.74, 6) is 1.02. The first kappa shape index (κ1) is 14.1. The zero-order valence-corrected chi connectivity index (χ0v) is 12.9. The average molecular weight is 276 g/mol. The van der Waals surface area contributed by atoms with Crippen LogP contribution in [0.4, 0.5) is 0 Å². The van der Waals surface area contributed by atoms with Crippen LogP contribution in [0.25, 0.3) is 0 Å². The quantitative estimate of drug-likeness (QED) is 0.913. The van der Waals surface area contributed by atoms with E-state index in [1.54, 1.807) is 0 Å². The molecule has 3 unspecified atom stereocenters. The van der Waals surface area contributed by atoms with E-state index in [1.165, 1.54) is 32.1 Å². The van der Waals surface area contributed by atoms with Crippen LogP contribution in [0.3, 0.4) is 0 Å². The maximum atomic E-state index is 11.0. The van der Waals surface area contributed by atoms with Gasteiger partial charge in [-0.2, -0.15) is 5.10 Å². The highest BCUT2D eigenvalue weighted by molar-refractivity contribution is 5.07. The number of hydrogen-bond acceptors (Lipinski definition) is 2. The second-order valence-electron chi connectivity index (χ2n) is 7.29. The summed E-state index contributed by atoms with van der Waals surface area (Å²) in [4.78, 5) is 0. The van der Waals surface area contributed by atoms with E-state index < -0.39 is 5.60 Å². The number of hydrogen-bond donors (Lipinski definition) is 1. The molecule has 0 radical (unpaired) electrons. The van der Waals surface area contributed by atoms with E-state index >= 15 is 0 Å². The minimum atomic E-state index is -0.549. The third-order valence-electron chi connectivity index (χ3n) is 5.56. The molecule has 2 fully saturated rings. The van der Waals surface area contributed by atoms with Crippen molar-refractivity contribution in [3.05, 3.63) is 18.0 Å². The van der Waals surface area contributed by atoms with Crippen molar-refractivity contribution in [2.75, 3.05) is 0 Å². The molecular formula is C17H28N2O. The van der Waals surface area contributed by atoms with Gasteiger partial charge in [-0.1, -0.05) is 33.1 Å². The van der Waals surface area contributed by atoms with Gasteiger partial charge in [-0.05, 0) is 43.6 Å². The van der Waals surface area contributed by atoms with Crippen LogP contribution in [0.1, 0.15) is 70.5 Å². The zero-order chi connectivity index (χ0) is 14.2. The van der Waals surface area contributed by atoms with Crippen LogP contribution in [0.5, 0.6) is 0 Å². The molecule has 0 amide bonds. The molecule has 0 spiro atoms. The standard InChI is InChI=1S/C17H28N2O/c1-13-7-8-14(2)17(20,11-13)12-15-9-10-19(18-15)16-5-3-4-6-16/h9-10,13-14,16,20H,3-8,11-12H2,1-2H3. The van der Waals surface area contributed by atoms with Crippen LogP contribution in [0, 0.1) is 11.8 Å². The topological polar surface area (TPSA) is 38.0 Å². The van der Waals surface area contributed by atoms with Crippen molar-refractivity contribution in [1.82, 2.24) is 9.78 Å². The average Bonchev–Trinajstić information content (AvgIpc) is 3.04. The molecule has 1 aromatic heterocycles. The largest absolute Gasteiger partial charge is 0.389 e. The van der Waals surface area contributed by atoms with Crippen molar-refractivity contribution in [1.29, 1.82) is 0 Å². The third kappa shape index (κ3) is 2.78. The molecule has 0 saturated heterocycles. The van der Waals surface area contributed by atoms with E-state index in [4.69, 9.17) is 5.10 Å². The predicted molar refractivity (Wildman–Crippen MR) is 80.6 cm³/mol. The number of aliphatic hydroxyl groups is 1. The summed E-state index contributed by atoms with van der Waals surface area (Å²) in [6.45, 7) is 4.45. The first-order valence-electron chi connectivity index (χ1n) is 8.33. The van der Waals surface area contributed by atoms with Crippen molar-refractivity contribution in [2.24, 2.45) is 11.8 Å². The second-order valence-corrected chi connectivity index (χ2v) is 7.29. The predicted octanol–water partition coefficient (Wildman–Crippen LogP) is 3.73. The normalized spacial score (nSPS) is 35.5. The lowest BCUT2D eigenvalue weighted by atomic mass is 9.70. The Balaban J connectivity index is 1.70. The number of nitrogens with zero attached hydrogens (tertiary/aromatic N) is 2. The van der Waals surface area contributed by atoms with Crippen molar-refractivity contribution in [3.63, 3.8) is 0 Å². The van der Waals surface area contributed by atoms with Gasteiger partial charge in [0.2, 0.25) is 0 Å². The fraction of sp³-hybridized carbons (Fsp3) is 0.824. The fourth-order valence-electron chi connectivity index (χ4n) is 4.11. The lowest BCUT2D eigenvalue weighted by Crippen LogP contribution is -2.43. The van der Waals surface area contributed by atoms with E-state index in [2.05, 4.69) is 30.8 Å². The number of rotatable bonds is 3. The lowest BCUT2D eigenvalue weighted by Gasteiger charge is -2.40. The second kappa shape index (κ2) is 5.51. The van der Waals surface area contributed by atoms with Gasteiger partial charge in [-0.3, -0.25) is 4.68 Å². The van der Waals surface area contributed by atoms with Gasteiger partial charge in [0.1, 0.15) is 0 Å². The lowest BCUT2D eigenvalue weighted by molar-refractivity contribution is -0.0567. The van der Waals surface area contributed by atoms with E-state index in [0.717, 1.165) is 25.0 Å². The molecule has 20 heavy (non-hydrogen) atoms. The third-order valence-corrected chi connectivity index (χ3v) is 5.56. The van der Waals surface area contributed by atoms with E-state index in [0.29, 0.717) is 17.9 Å². The van der Waals surface area contributed by atoms with Gasteiger partial charge in [-0.15, -0.1) is 0 Å². The molecule has 112 valence electrons. The maximum absolute atomic E-state index is 11.0. The van der Waals surface area contributed by atoms with E-state index in [1.807, 2.05) is 0 Å². The molecule has 2 aliphatic rings. The van der Waals surface area contributed by atoms with Gasteiger partial charge in [0.05, 0.1) is 17.3 Å². The van der Waals surface area contributed by atoms with Crippen LogP contribution < -0.4 is 0 Å². The highest BCUT2D eigenvalue weighted by Gasteiger charge is 2.39. The van der Waals surface area contributed by atoms with Crippen molar-refractivity contribution in [3.8, 4) is 0 Å². The molecule has 2 saturated carbocycles. The molecule has 1 N–H and O–H groups in total. The summed E-state index contributed by atoms with van der Waals surface area (Å²) in [6, 6.07) is 2.71. The molecule has 2 aliphatic carbocycles. The Morgan fingerprint density at radius 2 is 2.00 bits per heavy atom. The Bertz CT molecular complexity index is 450. The first-order valence-corrected chi connectivity index (χ1v) is 8.33. The monoisotopic (exact) mass is 276 g/mol. The van der Waals surface area contributed by atoms with Crippen LogP contribution in [0.15, 0.2) is 12.3 Å². The molecule has 0 aromatic carbocycles. The smallest absolute Gasteiger partial charge is 0.0731 e. The SMILES string of the molecule is CC1CCC(C)C(O)(Cc2ccn(C3CCCC3)n2)C1. The first-order chi connectivity index (χ1) is 9.57. The Kier molecular flexibility index (Phi) is 3.89. The Morgan fingerprint density at radius 1 is 1.25 bits per heavy atom. The summed E-state index contributed by atoms with van der Waals surface area (Å²) in [7, 11) is 0. The summed E-state index contributed by atoms with van der Waals surface area (Å²) in [5, 5.41) is 15.7. The number of aromatic nitrogens is 2.